The van der Waals surface area contributed by atoms with Crippen LogP contribution in [0.4, 0.5) is 10.2 Å². The summed E-state index contributed by atoms with van der Waals surface area (Å²) >= 11 is 0. The van der Waals surface area contributed by atoms with Gasteiger partial charge in [-0.1, -0.05) is 0 Å². The molecule has 3 aromatic rings. The molecule has 4 N–H and O–H groups in total. The van der Waals surface area contributed by atoms with Crippen LogP contribution in [0.15, 0.2) is 30.9 Å². The number of fused-ring (bicyclic) bond motifs is 1. The summed E-state index contributed by atoms with van der Waals surface area (Å²) in [5.41, 5.74) is 7.16. The molecular formula is C15H15FN6O3. The lowest BCUT2D eigenvalue weighted by atomic mass is 10.1. The second-order valence-corrected chi connectivity index (χ2v) is 5.68. The molecule has 0 radical (unpaired) electrons. The molecule has 0 unspecified atom stereocenters. The molecule has 0 saturated carbocycles. The van der Waals surface area contributed by atoms with E-state index in [1.165, 1.54) is 10.9 Å². The zero-order valence-electron chi connectivity index (χ0n) is 12.9. The van der Waals surface area contributed by atoms with Crippen molar-refractivity contribution in [2.75, 3.05) is 12.3 Å². The second kappa shape index (κ2) is 5.99. The summed E-state index contributed by atoms with van der Waals surface area (Å²) in [5, 5.41) is 19.0. The number of nitrogens with zero attached hydrogens (tertiary/aromatic N) is 5. The normalized spacial score (nSPS) is 26.4. The Bertz CT molecular complexity index is 905. The average molecular weight is 346 g/mol. The van der Waals surface area contributed by atoms with Crippen molar-refractivity contribution in [3.05, 3.63) is 30.9 Å². The molecule has 1 aliphatic rings. The fraction of sp³-hybridized carbons (Fsp3) is 0.333. The number of nitrogens with two attached hydrogens (primary N) is 1. The molecule has 3 aromatic heterocycles. The third kappa shape index (κ3) is 2.51. The van der Waals surface area contributed by atoms with Crippen molar-refractivity contribution in [3.63, 3.8) is 0 Å². The first kappa shape index (κ1) is 15.8. The molecule has 0 aliphatic carbocycles. The van der Waals surface area contributed by atoms with E-state index in [0.717, 1.165) is 0 Å². The lowest BCUT2D eigenvalue weighted by Crippen LogP contribution is -2.30. The second-order valence-electron chi connectivity index (χ2n) is 5.68. The number of hydrogen-bond donors (Lipinski definition) is 3. The van der Waals surface area contributed by atoms with Crippen LogP contribution < -0.4 is 5.73 Å². The van der Waals surface area contributed by atoms with Crippen LogP contribution in [-0.2, 0) is 4.74 Å². The van der Waals surface area contributed by atoms with Gasteiger partial charge >= 0.3 is 0 Å². The molecule has 10 heteroatoms. The number of hydrogen-bond acceptors (Lipinski definition) is 8. The maximum atomic E-state index is 14.4. The smallest absolute Gasteiger partial charge is 0.173 e. The lowest BCUT2D eigenvalue weighted by molar-refractivity contribution is -0.0459. The first-order valence-corrected chi connectivity index (χ1v) is 7.59. The van der Waals surface area contributed by atoms with Crippen LogP contribution in [0.5, 0.6) is 0 Å². The maximum Gasteiger partial charge on any atom is 0.173 e. The highest BCUT2D eigenvalue weighted by Crippen LogP contribution is 2.34. The molecule has 1 saturated heterocycles. The minimum atomic E-state index is -1.74. The molecule has 0 aromatic carbocycles. The summed E-state index contributed by atoms with van der Waals surface area (Å²) in [4.78, 5) is 16.7. The number of aliphatic hydroxyl groups excluding tert-OH is 2. The van der Waals surface area contributed by atoms with Crippen molar-refractivity contribution in [1.29, 1.82) is 0 Å². The van der Waals surface area contributed by atoms with Gasteiger partial charge in [-0.05, 0) is 12.1 Å². The fourth-order valence-corrected chi connectivity index (χ4v) is 2.83. The number of nitrogen functional groups attached to an aromatic ring is 1. The van der Waals surface area contributed by atoms with Gasteiger partial charge in [0.05, 0.1) is 12.9 Å². The van der Waals surface area contributed by atoms with Crippen molar-refractivity contribution < 1.29 is 19.3 Å². The van der Waals surface area contributed by atoms with Gasteiger partial charge in [0.2, 0.25) is 0 Å². The Hall–Kier alpha value is -2.69. The average Bonchev–Trinajstić information content (AvgIpc) is 3.18. The molecule has 9 nitrogen and oxygen atoms in total. The summed E-state index contributed by atoms with van der Waals surface area (Å²) in [6.07, 6.45) is -0.852. The predicted octanol–water partition coefficient (Wildman–Crippen LogP) is 0.0592. The summed E-state index contributed by atoms with van der Waals surface area (Å²) in [5.74, 6) is 0.447. The topological polar surface area (TPSA) is 132 Å². The van der Waals surface area contributed by atoms with Gasteiger partial charge in [0, 0.05) is 18.0 Å². The van der Waals surface area contributed by atoms with Crippen molar-refractivity contribution in [2.45, 2.75) is 24.6 Å². The highest BCUT2D eigenvalue weighted by molar-refractivity contribution is 5.83. The van der Waals surface area contributed by atoms with E-state index < -0.39 is 31.2 Å². The van der Waals surface area contributed by atoms with E-state index in [4.69, 9.17) is 10.5 Å². The summed E-state index contributed by atoms with van der Waals surface area (Å²) < 4.78 is 21.2. The molecule has 0 spiro atoms. The van der Waals surface area contributed by atoms with Crippen molar-refractivity contribution in [1.82, 2.24) is 24.5 Å². The molecule has 4 heterocycles. The largest absolute Gasteiger partial charge is 0.394 e. The SMILES string of the molecule is Nc1nc(-c2cccnc2)nc2c1ncn2[C@@H]1O[C@H](CO)[C@@H](O)[C@@H]1F. The van der Waals surface area contributed by atoms with Gasteiger partial charge in [-0.2, -0.15) is 0 Å². The van der Waals surface area contributed by atoms with Gasteiger partial charge < -0.3 is 20.7 Å². The van der Waals surface area contributed by atoms with E-state index in [1.54, 1.807) is 24.5 Å². The molecule has 1 fully saturated rings. The zero-order valence-corrected chi connectivity index (χ0v) is 12.9. The number of aromatic nitrogens is 5. The van der Waals surface area contributed by atoms with E-state index >= 15 is 0 Å². The number of halogens is 1. The highest BCUT2D eigenvalue weighted by atomic mass is 19.1. The highest BCUT2D eigenvalue weighted by Gasteiger charge is 2.45. The van der Waals surface area contributed by atoms with E-state index in [9.17, 15) is 14.6 Å². The lowest BCUT2D eigenvalue weighted by Gasteiger charge is -2.15. The minimum Gasteiger partial charge on any atom is -0.394 e. The molecule has 0 amide bonds. The first-order valence-electron chi connectivity index (χ1n) is 7.59. The van der Waals surface area contributed by atoms with Crippen LogP contribution in [0.3, 0.4) is 0 Å². The van der Waals surface area contributed by atoms with Gasteiger partial charge in [-0.3, -0.25) is 9.55 Å². The summed E-state index contributed by atoms with van der Waals surface area (Å²) in [6.45, 7) is -0.497. The van der Waals surface area contributed by atoms with Crippen molar-refractivity contribution in [2.24, 2.45) is 0 Å². The molecule has 4 atom stereocenters. The Morgan fingerprint density at radius 2 is 2.20 bits per heavy atom. The van der Waals surface area contributed by atoms with Crippen LogP contribution in [0, 0.1) is 0 Å². The molecule has 0 bridgehead atoms. The van der Waals surface area contributed by atoms with Gasteiger partial charge in [-0.15, -0.1) is 0 Å². The third-order valence-corrected chi connectivity index (χ3v) is 4.12. The molecular weight excluding hydrogens is 331 g/mol. The Morgan fingerprint density at radius 1 is 1.36 bits per heavy atom. The number of pyridine rings is 1. The van der Waals surface area contributed by atoms with Crippen LogP contribution in [0.2, 0.25) is 0 Å². The predicted molar refractivity (Wildman–Crippen MR) is 84.9 cm³/mol. The Kier molecular flexibility index (Phi) is 3.79. The monoisotopic (exact) mass is 346 g/mol. The van der Waals surface area contributed by atoms with Gasteiger partial charge in [-0.25, -0.2) is 19.3 Å². The summed E-state index contributed by atoms with van der Waals surface area (Å²) in [6, 6.07) is 3.50. The van der Waals surface area contributed by atoms with E-state index in [0.29, 0.717) is 16.9 Å². The number of imidazole rings is 1. The number of anilines is 1. The standard InChI is InChI=1S/C15H15FN6O3/c16-9-11(24)8(5-23)25-15(9)22-6-19-10-12(17)20-13(21-14(10)22)7-2-1-3-18-4-7/h1-4,6,8-9,11,15,23-24H,5H2,(H2,17,20,21)/t8-,9+,11-,15-/m1/s1. The van der Waals surface area contributed by atoms with Crippen LogP contribution in [-0.4, -0.2) is 59.7 Å². The minimum absolute atomic E-state index is 0.135. The van der Waals surface area contributed by atoms with E-state index in [1.807, 2.05) is 0 Å². The third-order valence-electron chi connectivity index (χ3n) is 4.12. The summed E-state index contributed by atoms with van der Waals surface area (Å²) in [7, 11) is 0. The van der Waals surface area contributed by atoms with E-state index in [2.05, 4.69) is 19.9 Å². The number of aliphatic hydroxyl groups is 2. The number of rotatable bonds is 3. The van der Waals surface area contributed by atoms with Gasteiger partial charge in [0.1, 0.15) is 17.7 Å². The van der Waals surface area contributed by atoms with Crippen LogP contribution in [0.25, 0.3) is 22.6 Å². The van der Waals surface area contributed by atoms with Gasteiger partial charge in [0.25, 0.3) is 0 Å². The first-order chi connectivity index (χ1) is 12.1. The molecule has 4 rings (SSSR count). The fourth-order valence-electron chi connectivity index (χ4n) is 2.83. The quantitative estimate of drug-likeness (QED) is 0.606. The van der Waals surface area contributed by atoms with Crippen LogP contribution in [0.1, 0.15) is 6.23 Å². The Balaban J connectivity index is 1.82. The number of alkyl halides is 1. The Morgan fingerprint density at radius 3 is 2.88 bits per heavy atom. The maximum absolute atomic E-state index is 14.4. The Labute approximate surface area is 140 Å². The van der Waals surface area contributed by atoms with Crippen molar-refractivity contribution >= 4 is 17.0 Å². The number of ether oxygens (including phenoxy) is 1. The van der Waals surface area contributed by atoms with Crippen molar-refractivity contribution in [3.8, 4) is 11.4 Å². The zero-order chi connectivity index (χ0) is 17.6. The molecule has 25 heavy (non-hydrogen) atoms. The van der Waals surface area contributed by atoms with Crippen LogP contribution >= 0.6 is 0 Å². The van der Waals surface area contributed by atoms with Gasteiger partial charge in [0.15, 0.2) is 29.7 Å². The molecule has 130 valence electrons. The molecule has 1 aliphatic heterocycles. The van der Waals surface area contributed by atoms with E-state index in [-0.39, 0.29) is 11.5 Å².